The molecule has 1 unspecified atom stereocenters. The van der Waals surface area contributed by atoms with Gasteiger partial charge in [0.05, 0.1) is 23.5 Å². The number of halogens is 6. The number of alkyl halides is 6. The van der Waals surface area contributed by atoms with Crippen LogP contribution in [0.25, 0.3) is 22.6 Å². The second-order valence-electron chi connectivity index (χ2n) is 8.85. The van der Waals surface area contributed by atoms with Crippen LogP contribution in [-0.4, -0.2) is 24.9 Å². The van der Waals surface area contributed by atoms with Crippen LogP contribution < -0.4 is 0 Å². The maximum atomic E-state index is 13.5. The van der Waals surface area contributed by atoms with Gasteiger partial charge in [-0.05, 0) is 24.1 Å². The summed E-state index contributed by atoms with van der Waals surface area (Å²) >= 11 is 0. The zero-order chi connectivity index (χ0) is 27.1. The second kappa shape index (κ2) is 9.58. The van der Waals surface area contributed by atoms with Gasteiger partial charge in [-0.3, -0.25) is 4.68 Å². The van der Waals surface area contributed by atoms with Crippen LogP contribution in [0.4, 0.5) is 26.3 Å². The number of aromatic nitrogens is 5. The summed E-state index contributed by atoms with van der Waals surface area (Å²) < 4.78 is 86.1. The van der Waals surface area contributed by atoms with Crippen molar-refractivity contribution < 1.29 is 30.9 Å². The lowest BCUT2D eigenvalue weighted by atomic mass is 10.0. The van der Waals surface area contributed by atoms with Gasteiger partial charge in [-0.25, -0.2) is 9.97 Å². The minimum Gasteiger partial charge on any atom is -0.359 e. The first-order chi connectivity index (χ1) is 18.0. The van der Waals surface area contributed by atoms with E-state index in [1.165, 1.54) is 16.9 Å². The summed E-state index contributed by atoms with van der Waals surface area (Å²) in [6.45, 7) is 2.03. The SMILES string of the molecule is CC(Cc1ccccc1)c1nc2cnn(Cc3cc(-c4ccc(C(F)(F)F)cc4C(F)(F)F)no3)cc-2n1. The molecule has 0 N–H and O–H groups in total. The maximum Gasteiger partial charge on any atom is 0.417 e. The van der Waals surface area contributed by atoms with Crippen LogP contribution in [0.2, 0.25) is 0 Å². The summed E-state index contributed by atoms with van der Waals surface area (Å²) in [4.78, 5) is 9.14. The van der Waals surface area contributed by atoms with E-state index in [9.17, 15) is 26.3 Å². The van der Waals surface area contributed by atoms with Gasteiger partial charge >= 0.3 is 12.4 Å². The van der Waals surface area contributed by atoms with E-state index in [1.54, 1.807) is 6.20 Å². The molecule has 0 fully saturated rings. The summed E-state index contributed by atoms with van der Waals surface area (Å²) in [7, 11) is 0. The van der Waals surface area contributed by atoms with Gasteiger partial charge in [0, 0.05) is 17.5 Å². The minimum absolute atomic E-state index is 0.00664. The van der Waals surface area contributed by atoms with Crippen molar-refractivity contribution in [1.82, 2.24) is 24.9 Å². The molecule has 0 saturated heterocycles. The van der Waals surface area contributed by atoms with Crippen molar-refractivity contribution in [3.63, 3.8) is 0 Å². The number of imidazole rings is 1. The minimum atomic E-state index is -5.02. The molecule has 6 nitrogen and oxygen atoms in total. The summed E-state index contributed by atoms with van der Waals surface area (Å²) in [5.74, 6) is 0.871. The molecule has 12 heteroatoms. The Morgan fingerprint density at radius 2 is 1.61 bits per heavy atom. The van der Waals surface area contributed by atoms with E-state index in [0.717, 1.165) is 18.1 Å². The molecule has 2 aliphatic rings. The van der Waals surface area contributed by atoms with E-state index in [0.29, 0.717) is 23.3 Å². The number of fused-ring (bicyclic) bond motifs is 1. The third-order valence-electron chi connectivity index (χ3n) is 5.96. The highest BCUT2D eigenvalue weighted by Crippen LogP contribution is 2.40. The van der Waals surface area contributed by atoms with Gasteiger partial charge in [0.1, 0.15) is 29.5 Å². The van der Waals surface area contributed by atoms with E-state index >= 15 is 0 Å². The topological polar surface area (TPSA) is 69.6 Å². The van der Waals surface area contributed by atoms with Crippen molar-refractivity contribution in [2.45, 2.75) is 38.2 Å². The van der Waals surface area contributed by atoms with Gasteiger partial charge in [-0.1, -0.05) is 48.5 Å². The number of benzene rings is 2. The van der Waals surface area contributed by atoms with Crippen molar-refractivity contribution in [1.29, 1.82) is 0 Å². The first kappa shape index (κ1) is 25.4. The average Bonchev–Trinajstić information content (AvgIpc) is 3.50. The fourth-order valence-electron chi connectivity index (χ4n) is 4.10. The molecular formula is C26H19F6N5O. The number of hydrogen-bond acceptors (Lipinski definition) is 5. The Kier molecular flexibility index (Phi) is 6.41. The Hall–Kier alpha value is -4.22. The van der Waals surface area contributed by atoms with Crippen LogP contribution in [0.3, 0.4) is 0 Å². The molecule has 1 aromatic heterocycles. The van der Waals surface area contributed by atoms with Gasteiger partial charge in [-0.2, -0.15) is 31.4 Å². The molecule has 38 heavy (non-hydrogen) atoms. The van der Waals surface area contributed by atoms with Gasteiger partial charge in [0.2, 0.25) is 0 Å². The third kappa shape index (κ3) is 5.38. The number of rotatable bonds is 6. The van der Waals surface area contributed by atoms with Gasteiger partial charge in [0.15, 0.2) is 5.76 Å². The third-order valence-corrected chi connectivity index (χ3v) is 5.96. The van der Waals surface area contributed by atoms with Gasteiger partial charge in [0.25, 0.3) is 0 Å². The molecule has 3 aromatic rings. The molecule has 2 aliphatic heterocycles. The number of hydrogen-bond donors (Lipinski definition) is 0. The highest BCUT2D eigenvalue weighted by atomic mass is 19.4. The van der Waals surface area contributed by atoms with Crippen molar-refractivity contribution in [3.05, 3.63) is 95.3 Å². The molecule has 1 atom stereocenters. The first-order valence-electron chi connectivity index (χ1n) is 11.5. The molecule has 3 heterocycles. The molecule has 0 bridgehead atoms. The Labute approximate surface area is 212 Å². The fourth-order valence-corrected chi connectivity index (χ4v) is 4.10. The predicted octanol–water partition coefficient (Wildman–Crippen LogP) is 6.87. The Morgan fingerprint density at radius 3 is 2.32 bits per heavy atom. The van der Waals surface area contributed by atoms with Crippen LogP contribution >= 0.6 is 0 Å². The molecule has 0 spiro atoms. The molecule has 0 aliphatic carbocycles. The zero-order valence-corrected chi connectivity index (χ0v) is 19.8. The van der Waals surface area contributed by atoms with Crippen LogP contribution in [0.1, 0.15) is 41.1 Å². The highest BCUT2D eigenvalue weighted by Gasteiger charge is 2.39. The molecule has 2 aromatic carbocycles. The van der Waals surface area contributed by atoms with Crippen LogP contribution in [0.15, 0.2) is 71.5 Å². The van der Waals surface area contributed by atoms with E-state index in [-0.39, 0.29) is 30.0 Å². The molecule has 196 valence electrons. The second-order valence-corrected chi connectivity index (χ2v) is 8.85. The first-order valence-corrected chi connectivity index (χ1v) is 11.5. The van der Waals surface area contributed by atoms with E-state index < -0.39 is 29.0 Å². The fraction of sp³-hybridized carbons (Fsp3) is 0.231. The van der Waals surface area contributed by atoms with Crippen LogP contribution in [-0.2, 0) is 25.3 Å². The van der Waals surface area contributed by atoms with Crippen LogP contribution in [0.5, 0.6) is 0 Å². The van der Waals surface area contributed by atoms with E-state index in [1.807, 2.05) is 37.3 Å². The molecule has 0 saturated carbocycles. The monoisotopic (exact) mass is 531 g/mol. The smallest absolute Gasteiger partial charge is 0.359 e. The normalized spacial score (nSPS) is 13.2. The quantitative estimate of drug-likeness (QED) is 0.224. The van der Waals surface area contributed by atoms with Crippen molar-refractivity contribution in [3.8, 4) is 22.6 Å². The van der Waals surface area contributed by atoms with Crippen molar-refractivity contribution >= 4 is 0 Å². The Morgan fingerprint density at radius 1 is 0.868 bits per heavy atom. The predicted molar refractivity (Wildman–Crippen MR) is 124 cm³/mol. The highest BCUT2D eigenvalue weighted by molar-refractivity contribution is 5.65. The molecule has 0 radical (unpaired) electrons. The Balaban J connectivity index is 1.37. The summed E-state index contributed by atoms with van der Waals surface area (Å²) in [6.07, 6.45) is -6.03. The lowest BCUT2D eigenvalue weighted by Crippen LogP contribution is -2.12. The van der Waals surface area contributed by atoms with Gasteiger partial charge < -0.3 is 4.52 Å². The Bertz CT molecular complexity index is 1520. The standard InChI is InChI=1S/C26H19F6N5O/c1-15(9-16-5-3-2-4-6-16)24-34-22-12-33-37(14-23(22)35-24)13-18-11-21(36-38-18)19-8-7-17(25(27,28)29)10-20(19)26(30,31)32/h2-8,10-12,14-15H,9,13H2,1H3. The van der Waals surface area contributed by atoms with Crippen molar-refractivity contribution in [2.24, 2.45) is 0 Å². The van der Waals surface area contributed by atoms with E-state index in [2.05, 4.69) is 20.2 Å². The summed E-state index contributed by atoms with van der Waals surface area (Å²) in [5, 5.41) is 7.91. The zero-order valence-electron chi connectivity index (χ0n) is 19.8. The molecular weight excluding hydrogens is 512 g/mol. The molecule has 0 amide bonds. The van der Waals surface area contributed by atoms with E-state index in [4.69, 9.17) is 4.52 Å². The van der Waals surface area contributed by atoms with Crippen molar-refractivity contribution in [2.75, 3.05) is 0 Å². The summed E-state index contributed by atoms with van der Waals surface area (Å²) in [5.41, 5.74) is -1.29. The largest absolute Gasteiger partial charge is 0.417 e. The van der Waals surface area contributed by atoms with Gasteiger partial charge in [-0.15, -0.1) is 0 Å². The number of nitrogens with zero attached hydrogens (tertiary/aromatic N) is 5. The molecule has 5 rings (SSSR count). The average molecular weight is 531 g/mol. The summed E-state index contributed by atoms with van der Waals surface area (Å²) in [6, 6.07) is 12.6. The lowest BCUT2D eigenvalue weighted by Gasteiger charge is -2.14. The lowest BCUT2D eigenvalue weighted by molar-refractivity contribution is -0.142. The maximum absolute atomic E-state index is 13.5. The van der Waals surface area contributed by atoms with Crippen LogP contribution in [0, 0.1) is 0 Å².